The van der Waals surface area contributed by atoms with Crippen LogP contribution >= 0.6 is 23.2 Å². The molecule has 1 aromatic rings. The number of nitrogens with zero attached hydrogens (tertiary/aromatic N) is 1. The van der Waals surface area contributed by atoms with Crippen LogP contribution in [0, 0.1) is 18.3 Å². The van der Waals surface area contributed by atoms with Crippen LogP contribution in [0.1, 0.15) is 18.4 Å². The maximum absolute atomic E-state index is 12.2. The second-order valence-corrected chi connectivity index (χ2v) is 6.31. The van der Waals surface area contributed by atoms with Gasteiger partial charge in [0.15, 0.2) is 0 Å². The van der Waals surface area contributed by atoms with Gasteiger partial charge in [-0.15, -0.1) is 6.42 Å². The van der Waals surface area contributed by atoms with Gasteiger partial charge in [0, 0.05) is 22.5 Å². The van der Waals surface area contributed by atoms with Gasteiger partial charge < -0.3 is 5.32 Å². The molecular weight excluding hydrogens is 319 g/mol. The van der Waals surface area contributed by atoms with Crippen molar-refractivity contribution in [3.8, 4) is 12.3 Å². The molecular formula is C17H20Cl2N2O. The number of benzene rings is 1. The lowest BCUT2D eigenvalue weighted by Crippen LogP contribution is -2.41. The number of carbonyl (C=O) groups is 1. The van der Waals surface area contributed by atoms with Crippen LogP contribution < -0.4 is 5.32 Å². The standard InChI is InChI=1S/C17H20Cl2N2O/c1-2-10-21-11-7-13(8-12-21)17(22)20-9-6-14-15(18)4-3-5-16(14)19/h1,3-5,13H,6-12H2,(H,20,22). The molecule has 0 saturated carbocycles. The maximum Gasteiger partial charge on any atom is 0.223 e. The van der Waals surface area contributed by atoms with Crippen LogP contribution in [0.2, 0.25) is 10.0 Å². The van der Waals surface area contributed by atoms with Gasteiger partial charge in [-0.05, 0) is 50.0 Å². The third-order valence-electron chi connectivity index (χ3n) is 4.01. The van der Waals surface area contributed by atoms with E-state index in [0.29, 0.717) is 29.6 Å². The molecule has 0 radical (unpaired) electrons. The van der Waals surface area contributed by atoms with Gasteiger partial charge in [-0.1, -0.05) is 35.2 Å². The summed E-state index contributed by atoms with van der Waals surface area (Å²) < 4.78 is 0. The van der Waals surface area contributed by atoms with E-state index in [0.717, 1.165) is 31.5 Å². The number of terminal acetylenes is 1. The van der Waals surface area contributed by atoms with Gasteiger partial charge in [-0.3, -0.25) is 9.69 Å². The molecule has 3 nitrogen and oxygen atoms in total. The lowest BCUT2D eigenvalue weighted by molar-refractivity contribution is -0.126. The zero-order valence-corrected chi connectivity index (χ0v) is 14.0. The number of carbonyl (C=O) groups excluding carboxylic acids is 1. The summed E-state index contributed by atoms with van der Waals surface area (Å²) >= 11 is 12.2. The number of piperidine rings is 1. The predicted molar refractivity (Wildman–Crippen MR) is 91.2 cm³/mol. The predicted octanol–water partition coefficient (Wildman–Crippen LogP) is 3.00. The molecule has 0 atom stereocenters. The lowest BCUT2D eigenvalue weighted by Gasteiger charge is -2.29. The van der Waals surface area contributed by atoms with Crippen molar-refractivity contribution in [3.05, 3.63) is 33.8 Å². The van der Waals surface area contributed by atoms with E-state index < -0.39 is 0 Å². The molecule has 1 fully saturated rings. The first-order valence-corrected chi connectivity index (χ1v) is 8.24. The van der Waals surface area contributed by atoms with Gasteiger partial charge >= 0.3 is 0 Å². The summed E-state index contributed by atoms with van der Waals surface area (Å²) in [6.07, 6.45) is 7.67. The van der Waals surface area contributed by atoms with Gasteiger partial charge in [-0.25, -0.2) is 0 Å². The van der Waals surface area contributed by atoms with Gasteiger partial charge in [0.1, 0.15) is 0 Å². The number of hydrogen-bond donors (Lipinski definition) is 1. The highest BCUT2D eigenvalue weighted by Gasteiger charge is 2.24. The second kappa shape index (κ2) is 8.43. The first-order valence-electron chi connectivity index (χ1n) is 7.48. The summed E-state index contributed by atoms with van der Waals surface area (Å²) in [7, 11) is 0. The van der Waals surface area contributed by atoms with Crippen LogP contribution in [0.4, 0.5) is 0 Å². The average Bonchev–Trinajstić information content (AvgIpc) is 2.51. The molecule has 1 saturated heterocycles. The van der Waals surface area contributed by atoms with E-state index in [1.54, 1.807) is 0 Å². The summed E-state index contributed by atoms with van der Waals surface area (Å²) in [6, 6.07) is 5.44. The number of halogens is 2. The number of hydrogen-bond acceptors (Lipinski definition) is 2. The Balaban J connectivity index is 1.76. The Hall–Kier alpha value is -1.21. The van der Waals surface area contributed by atoms with Crippen molar-refractivity contribution in [1.82, 2.24) is 10.2 Å². The lowest BCUT2D eigenvalue weighted by atomic mass is 9.96. The second-order valence-electron chi connectivity index (χ2n) is 5.50. The minimum atomic E-state index is 0.0794. The first kappa shape index (κ1) is 17.1. The third kappa shape index (κ3) is 4.64. The Morgan fingerprint density at radius 1 is 1.32 bits per heavy atom. The van der Waals surface area contributed by atoms with Crippen LogP contribution in [0.25, 0.3) is 0 Å². The van der Waals surface area contributed by atoms with Gasteiger partial charge in [0.25, 0.3) is 0 Å². The fourth-order valence-corrected chi connectivity index (χ4v) is 3.29. The molecule has 0 aliphatic carbocycles. The zero-order valence-electron chi connectivity index (χ0n) is 12.4. The quantitative estimate of drug-likeness (QED) is 0.837. The van der Waals surface area contributed by atoms with E-state index in [-0.39, 0.29) is 11.8 Å². The normalized spacial score (nSPS) is 16.2. The summed E-state index contributed by atoms with van der Waals surface area (Å²) in [6.45, 7) is 2.99. The van der Waals surface area contributed by atoms with E-state index in [1.165, 1.54) is 0 Å². The van der Waals surface area contributed by atoms with E-state index in [9.17, 15) is 4.79 Å². The molecule has 1 aliphatic rings. The number of nitrogens with one attached hydrogen (secondary N) is 1. The molecule has 0 unspecified atom stereocenters. The molecule has 1 N–H and O–H groups in total. The van der Waals surface area contributed by atoms with Crippen LogP contribution in [-0.4, -0.2) is 37.0 Å². The van der Waals surface area contributed by atoms with Gasteiger partial charge in [0.2, 0.25) is 5.91 Å². The minimum absolute atomic E-state index is 0.0794. The Bertz CT molecular complexity index is 540. The number of rotatable bonds is 5. The molecule has 0 bridgehead atoms. The Morgan fingerprint density at radius 3 is 2.55 bits per heavy atom. The van der Waals surface area contributed by atoms with Crippen LogP contribution in [-0.2, 0) is 11.2 Å². The average molecular weight is 339 g/mol. The fourth-order valence-electron chi connectivity index (χ4n) is 2.71. The molecule has 0 spiro atoms. The van der Waals surface area contributed by atoms with Crippen molar-refractivity contribution in [2.45, 2.75) is 19.3 Å². The van der Waals surface area contributed by atoms with Crippen LogP contribution in [0.15, 0.2) is 18.2 Å². The molecule has 0 aromatic heterocycles. The largest absolute Gasteiger partial charge is 0.356 e. The van der Waals surface area contributed by atoms with Crippen molar-refractivity contribution < 1.29 is 4.79 Å². The summed E-state index contributed by atoms with van der Waals surface area (Å²) in [5.74, 6) is 2.84. The van der Waals surface area contributed by atoms with Crippen molar-refractivity contribution in [2.24, 2.45) is 5.92 Å². The van der Waals surface area contributed by atoms with E-state index in [4.69, 9.17) is 29.6 Å². The summed E-state index contributed by atoms with van der Waals surface area (Å²) in [4.78, 5) is 14.4. The smallest absolute Gasteiger partial charge is 0.223 e. The number of likely N-dealkylation sites (tertiary alicyclic amines) is 1. The molecule has 1 amide bonds. The Kier molecular flexibility index (Phi) is 6.57. The first-order chi connectivity index (χ1) is 10.6. The molecule has 2 rings (SSSR count). The topological polar surface area (TPSA) is 32.3 Å². The monoisotopic (exact) mass is 338 g/mol. The van der Waals surface area contributed by atoms with Crippen LogP contribution in [0.5, 0.6) is 0 Å². The SMILES string of the molecule is C#CCN1CCC(C(=O)NCCc2c(Cl)cccc2Cl)CC1. The summed E-state index contributed by atoms with van der Waals surface area (Å²) in [5, 5.41) is 4.27. The Morgan fingerprint density at radius 2 is 1.95 bits per heavy atom. The van der Waals surface area contributed by atoms with Gasteiger partial charge in [-0.2, -0.15) is 0 Å². The van der Waals surface area contributed by atoms with E-state index in [1.807, 2.05) is 18.2 Å². The molecule has 118 valence electrons. The zero-order chi connectivity index (χ0) is 15.9. The van der Waals surface area contributed by atoms with Crippen molar-refractivity contribution in [3.63, 3.8) is 0 Å². The summed E-state index contributed by atoms with van der Waals surface area (Å²) in [5.41, 5.74) is 0.884. The molecule has 5 heteroatoms. The molecule has 22 heavy (non-hydrogen) atoms. The van der Waals surface area contributed by atoms with Gasteiger partial charge in [0.05, 0.1) is 6.54 Å². The third-order valence-corrected chi connectivity index (χ3v) is 4.72. The molecule has 1 aromatic carbocycles. The highest BCUT2D eigenvalue weighted by atomic mass is 35.5. The molecule has 1 heterocycles. The van der Waals surface area contributed by atoms with Crippen molar-refractivity contribution >= 4 is 29.1 Å². The highest BCUT2D eigenvalue weighted by Crippen LogP contribution is 2.24. The minimum Gasteiger partial charge on any atom is -0.356 e. The van der Waals surface area contributed by atoms with Crippen molar-refractivity contribution in [1.29, 1.82) is 0 Å². The number of amides is 1. The van der Waals surface area contributed by atoms with E-state index >= 15 is 0 Å². The highest BCUT2D eigenvalue weighted by molar-refractivity contribution is 6.35. The Labute approximate surface area is 142 Å². The van der Waals surface area contributed by atoms with E-state index in [2.05, 4.69) is 16.1 Å². The molecule has 1 aliphatic heterocycles. The van der Waals surface area contributed by atoms with Crippen molar-refractivity contribution in [2.75, 3.05) is 26.2 Å². The maximum atomic E-state index is 12.2. The van der Waals surface area contributed by atoms with Crippen LogP contribution in [0.3, 0.4) is 0 Å². The fraction of sp³-hybridized carbons (Fsp3) is 0.471.